The van der Waals surface area contributed by atoms with Crippen molar-refractivity contribution in [3.63, 3.8) is 0 Å². The standard InChI is InChI=1S/C30H42N4O4.2H2/c1-7-9-23(18-37-6)34-26-13-12-21(16-31-27(19(2)3)30(36)38-24-10-8-11-24)15-25(26)32-28(34)22-14-20(4)29(35)33(5)17-22;;/h12-15,17,19,23-24,27,31H,7-11,16,18H2,1-6H3;2*1H/t23?,27-;;/m0../s1. The van der Waals surface area contributed by atoms with Gasteiger partial charge < -0.3 is 23.9 Å². The first-order valence-corrected chi connectivity index (χ1v) is 13.8. The van der Waals surface area contributed by atoms with E-state index in [-0.39, 0.29) is 38.5 Å². The summed E-state index contributed by atoms with van der Waals surface area (Å²) in [5.41, 5.74) is 4.52. The molecule has 4 rings (SSSR count). The minimum atomic E-state index is -0.358. The lowest BCUT2D eigenvalue weighted by Crippen LogP contribution is -2.44. The van der Waals surface area contributed by atoms with Gasteiger partial charge in [0, 0.05) is 40.9 Å². The molecule has 3 aromatic rings. The molecule has 1 aliphatic carbocycles. The highest BCUT2D eigenvalue weighted by molar-refractivity contribution is 5.82. The second-order valence-corrected chi connectivity index (χ2v) is 10.9. The topological polar surface area (TPSA) is 87.4 Å². The highest BCUT2D eigenvalue weighted by atomic mass is 16.5. The number of carbonyl (C=O) groups excluding carboxylic acids is 1. The van der Waals surface area contributed by atoms with Gasteiger partial charge in [0.15, 0.2) is 0 Å². The molecule has 2 heterocycles. The summed E-state index contributed by atoms with van der Waals surface area (Å²) in [6.45, 7) is 9.19. The molecule has 0 saturated heterocycles. The first kappa shape index (κ1) is 28.0. The number of pyridine rings is 1. The van der Waals surface area contributed by atoms with Gasteiger partial charge in [0.25, 0.3) is 5.56 Å². The molecule has 8 nitrogen and oxygen atoms in total. The van der Waals surface area contributed by atoms with Crippen LogP contribution in [-0.2, 0) is 27.9 Å². The van der Waals surface area contributed by atoms with E-state index in [2.05, 4.69) is 35.0 Å². The molecule has 2 atom stereocenters. The molecule has 0 spiro atoms. The molecule has 1 unspecified atom stereocenters. The number of carbonyl (C=O) groups is 1. The number of nitrogens with one attached hydrogen (secondary N) is 1. The van der Waals surface area contributed by atoms with Crippen LogP contribution in [0, 0.1) is 12.8 Å². The van der Waals surface area contributed by atoms with E-state index in [0.717, 1.165) is 60.1 Å². The number of esters is 1. The van der Waals surface area contributed by atoms with Gasteiger partial charge in [0.05, 0.1) is 23.7 Å². The fourth-order valence-electron chi connectivity index (χ4n) is 5.19. The average Bonchev–Trinajstić information content (AvgIpc) is 3.23. The maximum Gasteiger partial charge on any atom is 0.323 e. The number of nitrogens with zero attached hydrogens (tertiary/aromatic N) is 3. The molecule has 0 aliphatic heterocycles. The third kappa shape index (κ3) is 6.02. The highest BCUT2D eigenvalue weighted by Crippen LogP contribution is 2.31. The number of rotatable bonds is 12. The van der Waals surface area contributed by atoms with Crippen molar-refractivity contribution < 1.29 is 17.1 Å². The Bertz CT molecular complexity index is 1300. The van der Waals surface area contributed by atoms with Crippen molar-refractivity contribution in [1.29, 1.82) is 0 Å². The van der Waals surface area contributed by atoms with Gasteiger partial charge in [0.2, 0.25) is 0 Å². The minimum Gasteiger partial charge on any atom is -0.461 e. The first-order valence-electron chi connectivity index (χ1n) is 13.8. The van der Waals surface area contributed by atoms with Gasteiger partial charge in [-0.1, -0.05) is 33.3 Å². The predicted molar refractivity (Wildman–Crippen MR) is 154 cm³/mol. The molecule has 1 aromatic carbocycles. The number of imidazole rings is 1. The van der Waals surface area contributed by atoms with Crippen LogP contribution in [0.1, 0.15) is 72.9 Å². The summed E-state index contributed by atoms with van der Waals surface area (Å²) in [6, 6.07) is 7.95. The van der Waals surface area contributed by atoms with Crippen molar-refractivity contribution in [2.45, 2.75) is 84.5 Å². The van der Waals surface area contributed by atoms with Gasteiger partial charge in [-0.05, 0) is 62.3 Å². The lowest BCUT2D eigenvalue weighted by Gasteiger charge is -2.29. The zero-order valence-corrected chi connectivity index (χ0v) is 23.6. The largest absolute Gasteiger partial charge is 0.461 e. The molecule has 0 radical (unpaired) electrons. The molecule has 38 heavy (non-hydrogen) atoms. The van der Waals surface area contributed by atoms with Crippen LogP contribution in [0.2, 0.25) is 0 Å². The van der Waals surface area contributed by atoms with Crippen LogP contribution in [0.15, 0.2) is 35.3 Å². The Morgan fingerprint density at radius 3 is 2.63 bits per heavy atom. The quantitative estimate of drug-likeness (QED) is 0.318. The predicted octanol–water partition coefficient (Wildman–Crippen LogP) is 5.40. The van der Waals surface area contributed by atoms with Gasteiger partial charge in [0.1, 0.15) is 18.0 Å². The highest BCUT2D eigenvalue weighted by Gasteiger charge is 2.29. The van der Waals surface area contributed by atoms with Gasteiger partial charge in [-0.3, -0.25) is 9.59 Å². The number of ether oxygens (including phenoxy) is 2. The van der Waals surface area contributed by atoms with E-state index in [1.807, 2.05) is 33.0 Å². The molecule has 1 fully saturated rings. The molecule has 0 bridgehead atoms. The number of aromatic nitrogens is 3. The van der Waals surface area contributed by atoms with Gasteiger partial charge in [-0.15, -0.1) is 0 Å². The maximum atomic E-state index is 12.8. The number of fused-ring (bicyclic) bond motifs is 1. The van der Waals surface area contributed by atoms with Crippen LogP contribution in [0.5, 0.6) is 0 Å². The monoisotopic (exact) mass is 526 g/mol. The Morgan fingerprint density at radius 2 is 2.03 bits per heavy atom. The Labute approximate surface area is 228 Å². The molecule has 8 heteroatoms. The summed E-state index contributed by atoms with van der Waals surface area (Å²) in [5, 5.41) is 3.42. The lowest BCUT2D eigenvalue weighted by atomic mass is 9.96. The summed E-state index contributed by atoms with van der Waals surface area (Å²) in [7, 11) is 3.50. The van der Waals surface area contributed by atoms with Crippen LogP contribution in [0.4, 0.5) is 0 Å². The zero-order valence-electron chi connectivity index (χ0n) is 23.6. The summed E-state index contributed by atoms with van der Waals surface area (Å²) >= 11 is 0. The summed E-state index contributed by atoms with van der Waals surface area (Å²) < 4.78 is 15.2. The summed E-state index contributed by atoms with van der Waals surface area (Å²) in [4.78, 5) is 30.2. The Kier molecular flexibility index (Phi) is 9.05. The van der Waals surface area contributed by atoms with Crippen LogP contribution < -0.4 is 10.9 Å². The fraction of sp³-hybridized carbons (Fsp3) is 0.567. The Morgan fingerprint density at radius 1 is 1.26 bits per heavy atom. The second kappa shape index (κ2) is 12.3. The molecule has 210 valence electrons. The molecule has 2 aromatic heterocycles. The number of hydrogen-bond donors (Lipinski definition) is 1. The first-order chi connectivity index (χ1) is 18.2. The van der Waals surface area contributed by atoms with Crippen molar-refractivity contribution in [2.75, 3.05) is 13.7 Å². The third-order valence-corrected chi connectivity index (χ3v) is 7.50. The van der Waals surface area contributed by atoms with Gasteiger partial charge in [-0.25, -0.2) is 4.98 Å². The minimum absolute atomic E-state index is 0. The van der Waals surface area contributed by atoms with Gasteiger partial charge in [-0.2, -0.15) is 0 Å². The van der Waals surface area contributed by atoms with E-state index < -0.39 is 0 Å². The lowest BCUT2D eigenvalue weighted by molar-refractivity contribution is -0.156. The Balaban J connectivity index is 0.00000280. The van der Waals surface area contributed by atoms with E-state index in [9.17, 15) is 9.59 Å². The number of methoxy groups -OCH3 is 1. The van der Waals surface area contributed by atoms with Crippen LogP contribution in [-0.4, -0.2) is 45.9 Å². The summed E-state index contributed by atoms with van der Waals surface area (Å²) in [6.07, 6.45) is 6.95. The maximum absolute atomic E-state index is 12.8. The zero-order chi connectivity index (χ0) is 27.4. The number of benzene rings is 1. The van der Waals surface area contributed by atoms with Crippen LogP contribution in [0.3, 0.4) is 0 Å². The van der Waals surface area contributed by atoms with Crippen molar-refractivity contribution in [3.8, 4) is 11.4 Å². The normalized spacial score (nSPS) is 15.6. The van der Waals surface area contributed by atoms with Crippen molar-refractivity contribution in [2.24, 2.45) is 13.0 Å². The van der Waals surface area contributed by atoms with E-state index in [0.29, 0.717) is 18.7 Å². The number of hydrogen-bond acceptors (Lipinski definition) is 6. The molecule has 1 N–H and O–H groups in total. The molecule has 0 amide bonds. The van der Waals surface area contributed by atoms with Crippen molar-refractivity contribution >= 4 is 17.0 Å². The fourth-order valence-corrected chi connectivity index (χ4v) is 5.19. The summed E-state index contributed by atoms with van der Waals surface area (Å²) in [5.74, 6) is 0.779. The van der Waals surface area contributed by atoms with E-state index in [1.165, 1.54) is 0 Å². The smallest absolute Gasteiger partial charge is 0.323 e. The Hall–Kier alpha value is -2.97. The van der Waals surface area contributed by atoms with E-state index in [1.54, 1.807) is 18.7 Å². The molecule has 1 saturated carbocycles. The SMILES string of the molecule is CCCC(COC)n1c(-c2cc(C)c(=O)n(C)c2)nc2cc(CN[C@H](C(=O)OC3CCC3)C(C)C)ccc21.[HH].[HH]. The molecular weight excluding hydrogens is 480 g/mol. The molecular formula is C30H46N4O4. The van der Waals surface area contributed by atoms with E-state index >= 15 is 0 Å². The third-order valence-electron chi connectivity index (χ3n) is 7.50. The van der Waals surface area contributed by atoms with Crippen LogP contribution in [0.25, 0.3) is 22.4 Å². The van der Waals surface area contributed by atoms with Crippen molar-refractivity contribution in [3.05, 3.63) is 51.9 Å². The van der Waals surface area contributed by atoms with Crippen molar-refractivity contribution in [1.82, 2.24) is 19.4 Å². The van der Waals surface area contributed by atoms with E-state index in [4.69, 9.17) is 14.5 Å². The van der Waals surface area contributed by atoms with Crippen LogP contribution >= 0.6 is 0 Å². The van der Waals surface area contributed by atoms with Gasteiger partial charge >= 0.3 is 5.97 Å². The second-order valence-electron chi connectivity index (χ2n) is 10.9. The number of aryl methyl sites for hydroxylation is 2. The average molecular weight is 527 g/mol. The molecule has 1 aliphatic rings.